The van der Waals surface area contributed by atoms with E-state index in [1.165, 1.54) is 0 Å². The van der Waals surface area contributed by atoms with E-state index in [1.807, 2.05) is 13.0 Å². The Morgan fingerprint density at radius 3 is 2.68 bits per heavy atom. The van der Waals surface area contributed by atoms with Gasteiger partial charge in [-0.05, 0) is 36.8 Å². The number of esters is 1. The summed E-state index contributed by atoms with van der Waals surface area (Å²) in [6, 6.07) is 13.9. The first-order chi connectivity index (χ1) is 13.4. The van der Waals surface area contributed by atoms with Gasteiger partial charge in [-0.15, -0.1) is 5.10 Å². The molecule has 0 unspecified atom stereocenters. The van der Waals surface area contributed by atoms with Crippen LogP contribution < -0.4 is 11.1 Å². The fraction of sp³-hybridized carbons (Fsp3) is 0.158. The molecule has 0 aliphatic carbocycles. The predicted molar refractivity (Wildman–Crippen MR) is 102 cm³/mol. The number of ether oxygens (including phenoxy) is 1. The van der Waals surface area contributed by atoms with E-state index in [2.05, 4.69) is 10.4 Å². The molecular weight excluding hydrogens is 386 g/mol. The first kappa shape index (κ1) is 19.4. The van der Waals surface area contributed by atoms with Crippen LogP contribution in [0.4, 0.5) is 5.69 Å². The summed E-state index contributed by atoms with van der Waals surface area (Å²) in [6.07, 6.45) is 0. The van der Waals surface area contributed by atoms with E-state index in [-0.39, 0.29) is 5.89 Å². The van der Waals surface area contributed by atoms with Gasteiger partial charge in [0.15, 0.2) is 6.61 Å². The number of hydrogen-bond acceptors (Lipinski definition) is 6. The van der Waals surface area contributed by atoms with Gasteiger partial charge in [0.1, 0.15) is 6.54 Å². The summed E-state index contributed by atoms with van der Waals surface area (Å²) in [5.41, 5.74) is 1.96. The maximum Gasteiger partial charge on any atom is 0.437 e. The molecule has 0 bridgehead atoms. The van der Waals surface area contributed by atoms with E-state index in [0.29, 0.717) is 16.3 Å². The maximum atomic E-state index is 11.9. The summed E-state index contributed by atoms with van der Waals surface area (Å²) in [5.74, 6) is -2.08. The molecule has 0 aliphatic rings. The first-order valence-corrected chi connectivity index (χ1v) is 8.65. The molecule has 0 saturated carbocycles. The Morgan fingerprint density at radius 1 is 1.21 bits per heavy atom. The van der Waals surface area contributed by atoms with E-state index in [4.69, 9.17) is 20.8 Å². The number of hydrogen-bond donors (Lipinski definition) is 1. The van der Waals surface area contributed by atoms with Crippen LogP contribution in [0, 0.1) is 6.92 Å². The van der Waals surface area contributed by atoms with E-state index < -0.39 is 30.8 Å². The molecule has 3 rings (SSSR count). The van der Waals surface area contributed by atoms with Crippen molar-refractivity contribution in [3.8, 4) is 11.5 Å². The second kappa shape index (κ2) is 8.53. The minimum Gasteiger partial charge on any atom is -0.454 e. The van der Waals surface area contributed by atoms with Crippen molar-refractivity contribution in [3.63, 3.8) is 0 Å². The van der Waals surface area contributed by atoms with Gasteiger partial charge in [0.25, 0.3) is 5.91 Å². The Morgan fingerprint density at radius 2 is 1.96 bits per heavy atom. The van der Waals surface area contributed by atoms with Crippen LogP contribution in [-0.2, 0) is 20.9 Å². The summed E-state index contributed by atoms with van der Waals surface area (Å²) in [6.45, 7) is 0.864. The standard InChI is InChI=1S/C19H16ClN3O5/c1-12-7-8-15(14(20)9-12)21-16(24)11-27-17(25)10-23-19(26)28-18(22-23)13-5-3-2-4-6-13/h2-9H,10-11H2,1H3,(H,21,24). The number of halogens is 1. The summed E-state index contributed by atoms with van der Waals surface area (Å²) < 4.78 is 10.7. The van der Waals surface area contributed by atoms with Crippen LogP contribution in [0.5, 0.6) is 0 Å². The third-order valence-electron chi connectivity index (χ3n) is 3.67. The lowest BCUT2D eigenvalue weighted by Crippen LogP contribution is -2.26. The van der Waals surface area contributed by atoms with Crippen LogP contribution in [0.3, 0.4) is 0 Å². The van der Waals surface area contributed by atoms with Gasteiger partial charge >= 0.3 is 11.7 Å². The second-order valence-corrected chi connectivity index (χ2v) is 6.30. The third kappa shape index (κ3) is 4.86. The third-order valence-corrected chi connectivity index (χ3v) is 3.98. The molecule has 1 N–H and O–H groups in total. The average Bonchev–Trinajstić information content (AvgIpc) is 3.03. The van der Waals surface area contributed by atoms with Crippen molar-refractivity contribution < 1.29 is 18.7 Å². The number of rotatable bonds is 6. The van der Waals surface area contributed by atoms with Gasteiger partial charge in [0.2, 0.25) is 5.89 Å². The SMILES string of the molecule is Cc1ccc(NC(=O)COC(=O)Cn2nc(-c3ccccc3)oc2=O)c(Cl)c1. The number of amides is 1. The van der Waals surface area contributed by atoms with Gasteiger partial charge in [-0.2, -0.15) is 4.68 Å². The van der Waals surface area contributed by atoms with Crippen molar-refractivity contribution in [1.82, 2.24) is 9.78 Å². The van der Waals surface area contributed by atoms with Crippen molar-refractivity contribution in [2.45, 2.75) is 13.5 Å². The zero-order valence-electron chi connectivity index (χ0n) is 14.8. The highest BCUT2D eigenvalue weighted by Crippen LogP contribution is 2.22. The normalized spacial score (nSPS) is 10.5. The summed E-state index contributed by atoms with van der Waals surface area (Å²) in [4.78, 5) is 35.6. The van der Waals surface area contributed by atoms with Crippen LogP contribution in [0.1, 0.15) is 5.56 Å². The second-order valence-electron chi connectivity index (χ2n) is 5.89. The molecule has 9 heteroatoms. The number of nitrogens with zero attached hydrogens (tertiary/aromatic N) is 2. The number of aryl methyl sites for hydroxylation is 1. The first-order valence-electron chi connectivity index (χ1n) is 8.27. The van der Waals surface area contributed by atoms with E-state index in [0.717, 1.165) is 10.2 Å². The molecule has 0 spiro atoms. The molecule has 0 atom stereocenters. The molecule has 3 aromatic rings. The number of benzene rings is 2. The van der Waals surface area contributed by atoms with Crippen LogP contribution >= 0.6 is 11.6 Å². The Balaban J connectivity index is 1.55. The molecule has 1 amide bonds. The smallest absolute Gasteiger partial charge is 0.437 e. The Kier molecular flexibility index (Phi) is 5.90. The maximum absolute atomic E-state index is 11.9. The number of carbonyl (C=O) groups is 2. The van der Waals surface area contributed by atoms with Crippen molar-refractivity contribution >= 4 is 29.2 Å². The fourth-order valence-corrected chi connectivity index (χ4v) is 2.61. The zero-order chi connectivity index (χ0) is 20.1. The van der Waals surface area contributed by atoms with E-state index in [1.54, 1.807) is 42.5 Å². The number of aromatic nitrogens is 2. The van der Waals surface area contributed by atoms with E-state index in [9.17, 15) is 14.4 Å². The summed E-state index contributed by atoms with van der Waals surface area (Å²) in [7, 11) is 0. The molecule has 1 aromatic heterocycles. The molecule has 1 heterocycles. The van der Waals surface area contributed by atoms with Crippen molar-refractivity contribution in [1.29, 1.82) is 0 Å². The van der Waals surface area contributed by atoms with Crippen LogP contribution in [-0.4, -0.2) is 28.3 Å². The lowest BCUT2D eigenvalue weighted by molar-refractivity contribution is -0.148. The minimum atomic E-state index is -0.805. The largest absolute Gasteiger partial charge is 0.454 e. The van der Waals surface area contributed by atoms with Crippen LogP contribution in [0.2, 0.25) is 5.02 Å². The predicted octanol–water partition coefficient (Wildman–Crippen LogP) is 2.65. The van der Waals surface area contributed by atoms with E-state index >= 15 is 0 Å². The van der Waals surface area contributed by atoms with Gasteiger partial charge < -0.3 is 14.5 Å². The highest BCUT2D eigenvalue weighted by molar-refractivity contribution is 6.33. The summed E-state index contributed by atoms with van der Waals surface area (Å²) >= 11 is 6.03. The molecule has 0 saturated heterocycles. The highest BCUT2D eigenvalue weighted by Gasteiger charge is 2.15. The topological polar surface area (TPSA) is 103 Å². The molecular formula is C19H16ClN3O5. The lowest BCUT2D eigenvalue weighted by atomic mass is 10.2. The molecule has 144 valence electrons. The van der Waals surface area contributed by atoms with Gasteiger partial charge in [0.05, 0.1) is 10.7 Å². The van der Waals surface area contributed by atoms with Crippen molar-refractivity contribution in [2.75, 3.05) is 11.9 Å². The Hall–Kier alpha value is -3.39. The molecule has 0 fully saturated rings. The highest BCUT2D eigenvalue weighted by atomic mass is 35.5. The quantitative estimate of drug-likeness (QED) is 0.637. The zero-order valence-corrected chi connectivity index (χ0v) is 15.6. The summed E-state index contributed by atoms with van der Waals surface area (Å²) in [5, 5.41) is 6.87. The Labute approximate surface area is 164 Å². The lowest BCUT2D eigenvalue weighted by Gasteiger charge is -2.08. The van der Waals surface area contributed by atoms with Crippen molar-refractivity contribution in [2.24, 2.45) is 0 Å². The van der Waals surface area contributed by atoms with Gasteiger partial charge in [-0.25, -0.2) is 4.79 Å². The molecule has 0 radical (unpaired) electrons. The molecule has 28 heavy (non-hydrogen) atoms. The van der Waals surface area contributed by atoms with Gasteiger partial charge in [0, 0.05) is 5.56 Å². The average molecular weight is 402 g/mol. The monoisotopic (exact) mass is 401 g/mol. The minimum absolute atomic E-state index is 0.0881. The van der Waals surface area contributed by atoms with Crippen LogP contribution in [0.15, 0.2) is 57.7 Å². The Bertz CT molecular complexity index is 1060. The van der Waals surface area contributed by atoms with Crippen molar-refractivity contribution in [3.05, 3.63) is 69.7 Å². The molecule has 0 aliphatic heterocycles. The fourth-order valence-electron chi connectivity index (χ4n) is 2.33. The van der Waals surface area contributed by atoms with Gasteiger partial charge in [-0.3, -0.25) is 9.59 Å². The molecule has 2 aromatic carbocycles. The van der Waals surface area contributed by atoms with Crippen LogP contribution in [0.25, 0.3) is 11.5 Å². The number of anilines is 1. The van der Waals surface area contributed by atoms with Gasteiger partial charge in [-0.1, -0.05) is 35.9 Å². The number of carbonyl (C=O) groups excluding carboxylic acids is 2. The number of nitrogens with one attached hydrogen (secondary N) is 1. The molecule has 8 nitrogen and oxygen atoms in total.